The molecular formula is C20H15ClF3N3O. The van der Waals surface area contributed by atoms with Gasteiger partial charge in [0.25, 0.3) is 5.91 Å². The smallest absolute Gasteiger partial charge is 0.319 e. The molecule has 1 fully saturated rings. The van der Waals surface area contributed by atoms with E-state index in [0.717, 1.165) is 48.4 Å². The third kappa shape index (κ3) is 3.75. The zero-order valence-corrected chi connectivity index (χ0v) is 15.2. The summed E-state index contributed by atoms with van der Waals surface area (Å²) in [5, 5.41) is 10.7. The lowest BCUT2D eigenvalue weighted by atomic mass is 10.1. The van der Waals surface area contributed by atoms with Gasteiger partial charge in [0.1, 0.15) is 5.69 Å². The van der Waals surface area contributed by atoms with Gasteiger partial charge in [0.05, 0.1) is 16.9 Å². The van der Waals surface area contributed by atoms with Gasteiger partial charge in [-0.05, 0) is 49.2 Å². The summed E-state index contributed by atoms with van der Waals surface area (Å²) in [6, 6.07) is 11.2. The molecule has 144 valence electrons. The van der Waals surface area contributed by atoms with Crippen molar-refractivity contribution in [1.82, 2.24) is 10.2 Å². The number of nitrogens with one attached hydrogen (secondary N) is 2. The molecular weight excluding hydrogens is 391 g/mol. The molecule has 0 atom stereocenters. The van der Waals surface area contributed by atoms with Crippen molar-refractivity contribution in [3.63, 3.8) is 0 Å². The quantitative estimate of drug-likeness (QED) is 0.569. The van der Waals surface area contributed by atoms with Gasteiger partial charge < -0.3 is 5.32 Å². The molecule has 1 heterocycles. The van der Waals surface area contributed by atoms with E-state index >= 15 is 0 Å². The molecule has 3 aromatic rings. The lowest BCUT2D eigenvalue weighted by Crippen LogP contribution is -2.14. The van der Waals surface area contributed by atoms with Gasteiger partial charge in [-0.3, -0.25) is 9.89 Å². The molecule has 4 rings (SSSR count). The number of benzene rings is 2. The number of halogens is 4. The van der Waals surface area contributed by atoms with Crippen molar-refractivity contribution in [3.05, 3.63) is 70.4 Å². The Balaban J connectivity index is 1.64. The van der Waals surface area contributed by atoms with Crippen LogP contribution in [0.1, 0.15) is 40.4 Å². The maximum Gasteiger partial charge on any atom is 0.416 e. The summed E-state index contributed by atoms with van der Waals surface area (Å²) in [5.41, 5.74) is 2.06. The Bertz CT molecular complexity index is 1010. The van der Waals surface area contributed by atoms with Crippen molar-refractivity contribution in [3.8, 4) is 11.3 Å². The fourth-order valence-electron chi connectivity index (χ4n) is 2.96. The van der Waals surface area contributed by atoms with E-state index in [9.17, 15) is 18.0 Å². The van der Waals surface area contributed by atoms with Crippen LogP contribution >= 0.6 is 11.6 Å². The van der Waals surface area contributed by atoms with Gasteiger partial charge in [-0.25, -0.2) is 0 Å². The van der Waals surface area contributed by atoms with Crippen molar-refractivity contribution in [2.24, 2.45) is 0 Å². The summed E-state index contributed by atoms with van der Waals surface area (Å²) < 4.78 is 38.2. The minimum absolute atomic E-state index is 0.137. The molecule has 1 aliphatic carbocycles. The second-order valence-electron chi connectivity index (χ2n) is 6.67. The fraction of sp³-hybridized carbons (Fsp3) is 0.200. The van der Waals surface area contributed by atoms with Gasteiger partial charge >= 0.3 is 6.18 Å². The molecule has 0 aliphatic heterocycles. The summed E-state index contributed by atoms with van der Waals surface area (Å²) in [5.74, 6) is -0.205. The molecule has 28 heavy (non-hydrogen) atoms. The molecule has 1 amide bonds. The minimum Gasteiger partial charge on any atom is -0.319 e. The van der Waals surface area contributed by atoms with Crippen LogP contribution in [-0.4, -0.2) is 16.1 Å². The third-order valence-corrected chi connectivity index (χ3v) is 4.86. The molecule has 2 aromatic carbocycles. The van der Waals surface area contributed by atoms with E-state index in [1.54, 1.807) is 24.3 Å². The number of aromatic nitrogens is 2. The van der Waals surface area contributed by atoms with Crippen molar-refractivity contribution in [2.45, 2.75) is 24.9 Å². The highest BCUT2D eigenvalue weighted by Gasteiger charge is 2.32. The summed E-state index contributed by atoms with van der Waals surface area (Å²) in [7, 11) is 0. The van der Waals surface area contributed by atoms with Crippen LogP contribution in [0.2, 0.25) is 5.02 Å². The van der Waals surface area contributed by atoms with Gasteiger partial charge in [0.15, 0.2) is 0 Å². The number of amides is 1. The monoisotopic (exact) mass is 405 g/mol. The van der Waals surface area contributed by atoms with Crippen LogP contribution in [0.15, 0.2) is 48.5 Å². The van der Waals surface area contributed by atoms with Gasteiger partial charge in [-0.1, -0.05) is 23.7 Å². The second-order valence-corrected chi connectivity index (χ2v) is 7.11. The third-order valence-electron chi connectivity index (χ3n) is 4.61. The average Bonchev–Trinajstić information content (AvgIpc) is 3.43. The van der Waals surface area contributed by atoms with E-state index in [0.29, 0.717) is 16.4 Å². The maximum absolute atomic E-state index is 12.7. The van der Waals surface area contributed by atoms with Crippen LogP contribution < -0.4 is 5.32 Å². The van der Waals surface area contributed by atoms with Crippen LogP contribution in [0.25, 0.3) is 11.3 Å². The number of carbonyl (C=O) groups is 1. The number of rotatable bonds is 4. The van der Waals surface area contributed by atoms with E-state index in [-0.39, 0.29) is 11.5 Å². The molecule has 8 heteroatoms. The van der Waals surface area contributed by atoms with Crippen LogP contribution in [0.4, 0.5) is 18.9 Å². The topological polar surface area (TPSA) is 57.8 Å². The Labute approximate surface area is 163 Å². The first-order valence-electron chi connectivity index (χ1n) is 8.66. The molecule has 2 N–H and O–H groups in total. The van der Waals surface area contributed by atoms with E-state index in [1.807, 2.05) is 0 Å². The summed E-state index contributed by atoms with van der Waals surface area (Å²) in [4.78, 5) is 12.7. The fourth-order valence-corrected chi connectivity index (χ4v) is 3.09. The molecule has 4 nitrogen and oxygen atoms in total. The molecule has 0 saturated heterocycles. The van der Waals surface area contributed by atoms with E-state index in [1.165, 1.54) is 0 Å². The van der Waals surface area contributed by atoms with Crippen LogP contribution in [-0.2, 0) is 6.18 Å². The van der Waals surface area contributed by atoms with Gasteiger partial charge in [-0.15, -0.1) is 0 Å². The Morgan fingerprint density at radius 3 is 2.29 bits per heavy atom. The first-order chi connectivity index (χ1) is 13.3. The highest BCUT2D eigenvalue weighted by Crippen LogP contribution is 2.45. The van der Waals surface area contributed by atoms with Crippen LogP contribution in [0, 0.1) is 0 Å². The first-order valence-corrected chi connectivity index (χ1v) is 9.03. The zero-order chi connectivity index (χ0) is 19.9. The highest BCUT2D eigenvalue weighted by molar-refractivity contribution is 6.30. The first kappa shape index (κ1) is 18.6. The lowest BCUT2D eigenvalue weighted by molar-refractivity contribution is -0.137. The number of anilines is 1. The number of H-pyrrole nitrogens is 1. The van der Waals surface area contributed by atoms with Crippen molar-refractivity contribution >= 4 is 23.2 Å². The maximum atomic E-state index is 12.7. The molecule has 0 bridgehead atoms. The second kappa shape index (κ2) is 6.98. The summed E-state index contributed by atoms with van der Waals surface area (Å²) >= 11 is 5.94. The largest absolute Gasteiger partial charge is 0.416 e. The average molecular weight is 406 g/mol. The molecule has 0 unspecified atom stereocenters. The zero-order valence-electron chi connectivity index (χ0n) is 14.5. The number of carbonyl (C=O) groups excluding carboxylic acids is 1. The van der Waals surface area contributed by atoms with E-state index in [4.69, 9.17) is 11.6 Å². The SMILES string of the molecule is O=C(Nc1c(-c2ccc(Cl)cc2)n[nH]c1C1CC1)c1ccc(C(F)(F)F)cc1. The molecule has 0 spiro atoms. The number of hydrogen-bond acceptors (Lipinski definition) is 2. The van der Waals surface area contributed by atoms with Gasteiger partial charge in [-0.2, -0.15) is 18.3 Å². The Hall–Kier alpha value is -2.80. The summed E-state index contributed by atoms with van der Waals surface area (Å²) in [6.45, 7) is 0. The number of hydrogen-bond donors (Lipinski definition) is 2. The molecule has 0 radical (unpaired) electrons. The van der Waals surface area contributed by atoms with Crippen molar-refractivity contribution in [2.75, 3.05) is 5.32 Å². The Morgan fingerprint density at radius 2 is 1.71 bits per heavy atom. The Kier molecular flexibility index (Phi) is 4.63. The highest BCUT2D eigenvalue weighted by atomic mass is 35.5. The number of nitrogens with zero attached hydrogens (tertiary/aromatic N) is 1. The normalized spacial score (nSPS) is 14.1. The molecule has 1 saturated carbocycles. The standard InChI is InChI=1S/C20H15ClF3N3O/c21-15-9-5-12(6-10-15)17-18(16(26-27-17)11-1-2-11)25-19(28)13-3-7-14(8-4-13)20(22,23)24/h3-11H,1-2H2,(H,25,28)(H,26,27). The lowest BCUT2D eigenvalue weighted by Gasteiger charge is -2.10. The molecule has 1 aliphatic rings. The van der Waals surface area contributed by atoms with Gasteiger partial charge in [0.2, 0.25) is 0 Å². The van der Waals surface area contributed by atoms with Crippen molar-refractivity contribution < 1.29 is 18.0 Å². The predicted molar refractivity (Wildman–Crippen MR) is 100 cm³/mol. The van der Waals surface area contributed by atoms with E-state index < -0.39 is 17.6 Å². The molecule has 1 aromatic heterocycles. The van der Waals surface area contributed by atoms with Gasteiger partial charge in [0, 0.05) is 22.1 Å². The van der Waals surface area contributed by atoms with Crippen LogP contribution in [0.3, 0.4) is 0 Å². The minimum atomic E-state index is -4.44. The predicted octanol–water partition coefficient (Wildman–Crippen LogP) is 5.88. The number of alkyl halides is 3. The van der Waals surface area contributed by atoms with Crippen LogP contribution in [0.5, 0.6) is 0 Å². The summed E-state index contributed by atoms with van der Waals surface area (Å²) in [6.07, 6.45) is -2.46. The van der Waals surface area contributed by atoms with E-state index in [2.05, 4.69) is 15.5 Å². The van der Waals surface area contributed by atoms with Crippen molar-refractivity contribution in [1.29, 1.82) is 0 Å². The Morgan fingerprint density at radius 1 is 1.07 bits per heavy atom. The number of aromatic amines is 1.